The smallest absolute Gasteiger partial charge is 0.0730 e. The highest BCUT2D eigenvalue weighted by molar-refractivity contribution is 6.10. The lowest BCUT2D eigenvalue weighted by molar-refractivity contribution is 0.666. The number of hydrogen-bond donors (Lipinski definition) is 0. The lowest BCUT2D eigenvalue weighted by Gasteiger charge is -2.30. The number of nitrogens with zero attached hydrogens (tertiary/aromatic N) is 2. The van der Waals surface area contributed by atoms with E-state index in [4.69, 9.17) is 4.98 Å². The lowest BCUT2D eigenvalue weighted by Crippen LogP contribution is -2.17. The van der Waals surface area contributed by atoms with Gasteiger partial charge in [0.05, 0.1) is 17.1 Å². The molecule has 6 aromatic rings. The number of anilines is 2. The number of pyridine rings is 1. The molecule has 0 unspecified atom stereocenters. The molecule has 2 heterocycles. The molecule has 1 aliphatic carbocycles. The molecule has 1 aliphatic heterocycles. The molecule has 0 atom stereocenters. The van der Waals surface area contributed by atoms with Crippen molar-refractivity contribution < 1.29 is 0 Å². The van der Waals surface area contributed by atoms with Crippen LogP contribution >= 0.6 is 0 Å². The van der Waals surface area contributed by atoms with E-state index in [1.165, 1.54) is 44.3 Å². The molecule has 0 spiro atoms. The van der Waals surface area contributed by atoms with Gasteiger partial charge in [0.2, 0.25) is 0 Å². The van der Waals surface area contributed by atoms with E-state index in [2.05, 4.69) is 152 Å². The highest BCUT2D eigenvalue weighted by Crippen LogP contribution is 2.54. The van der Waals surface area contributed by atoms with Crippen LogP contribution in [0, 0.1) is 0 Å². The molecule has 8 rings (SSSR count). The Labute approximate surface area is 234 Å². The van der Waals surface area contributed by atoms with Crippen molar-refractivity contribution in [2.45, 2.75) is 19.3 Å². The standard InChI is InChI=1S/C38H28N2/c1-38(2)32-18-10-9-16-29(32)31-22-27-20-21-40(35-19-11-17-30(36(27)35)37(31)38)28-23-33(25-12-5-3-6-13-25)39-34(24-28)26-14-7-4-8-15-26/h3-24H,1-2H3. The molecule has 0 radical (unpaired) electrons. The fourth-order valence-corrected chi connectivity index (χ4v) is 6.74. The van der Waals surface area contributed by atoms with Crippen molar-refractivity contribution in [2.24, 2.45) is 0 Å². The molecule has 2 aliphatic rings. The third-order valence-electron chi connectivity index (χ3n) is 8.58. The molecule has 5 aromatic carbocycles. The van der Waals surface area contributed by atoms with Crippen molar-refractivity contribution in [2.75, 3.05) is 4.90 Å². The SMILES string of the molecule is CC1(C)c2ccccc2-c2cc3c4c(cccc4c21)N(c1cc(-c2ccccc2)nc(-c2ccccc2)c1)C=C3. The van der Waals surface area contributed by atoms with Crippen LogP contribution < -0.4 is 4.90 Å². The minimum absolute atomic E-state index is 0.0628. The van der Waals surface area contributed by atoms with Gasteiger partial charge >= 0.3 is 0 Å². The second-order valence-corrected chi connectivity index (χ2v) is 11.3. The summed E-state index contributed by atoms with van der Waals surface area (Å²) in [6.45, 7) is 4.73. The Hall–Kier alpha value is -4.95. The van der Waals surface area contributed by atoms with Gasteiger partial charge in [0, 0.05) is 33.8 Å². The largest absolute Gasteiger partial charge is 0.316 e. The minimum Gasteiger partial charge on any atom is -0.316 e. The molecule has 0 N–H and O–H groups in total. The first-order valence-corrected chi connectivity index (χ1v) is 13.9. The van der Waals surface area contributed by atoms with Crippen molar-refractivity contribution in [1.29, 1.82) is 0 Å². The summed E-state index contributed by atoms with van der Waals surface area (Å²) in [6.07, 6.45) is 4.49. The zero-order valence-corrected chi connectivity index (χ0v) is 22.6. The Bertz CT molecular complexity index is 1910. The van der Waals surface area contributed by atoms with Gasteiger partial charge in [-0.15, -0.1) is 0 Å². The van der Waals surface area contributed by atoms with Crippen LogP contribution in [-0.2, 0) is 5.41 Å². The molecule has 0 saturated heterocycles. The van der Waals surface area contributed by atoms with E-state index in [0.717, 1.165) is 28.2 Å². The van der Waals surface area contributed by atoms with Gasteiger partial charge in [0.1, 0.15) is 0 Å². The van der Waals surface area contributed by atoms with Gasteiger partial charge < -0.3 is 4.90 Å². The first-order valence-electron chi connectivity index (χ1n) is 13.9. The molecule has 0 bridgehead atoms. The van der Waals surface area contributed by atoms with E-state index >= 15 is 0 Å². The van der Waals surface area contributed by atoms with Crippen molar-refractivity contribution in [1.82, 2.24) is 4.98 Å². The quantitative estimate of drug-likeness (QED) is 0.234. The topological polar surface area (TPSA) is 16.1 Å². The van der Waals surface area contributed by atoms with Gasteiger partial charge in [-0.25, -0.2) is 4.98 Å². The summed E-state index contributed by atoms with van der Waals surface area (Å²) in [6, 6.07) is 43.4. The predicted octanol–water partition coefficient (Wildman–Crippen LogP) is 10.00. The number of hydrogen-bond acceptors (Lipinski definition) is 2. The Balaban J connectivity index is 1.35. The van der Waals surface area contributed by atoms with Crippen molar-refractivity contribution in [3.8, 4) is 33.6 Å². The first kappa shape index (κ1) is 23.0. The van der Waals surface area contributed by atoms with Crippen LogP contribution in [-0.4, -0.2) is 4.98 Å². The van der Waals surface area contributed by atoms with E-state index in [0.29, 0.717) is 0 Å². The summed E-state index contributed by atoms with van der Waals surface area (Å²) in [5.74, 6) is 0. The van der Waals surface area contributed by atoms with Gasteiger partial charge in [-0.2, -0.15) is 0 Å². The van der Waals surface area contributed by atoms with E-state index in [-0.39, 0.29) is 5.41 Å². The molecule has 2 heteroatoms. The molecule has 0 fully saturated rings. The maximum Gasteiger partial charge on any atom is 0.0730 e. The minimum atomic E-state index is -0.0628. The van der Waals surface area contributed by atoms with E-state index in [9.17, 15) is 0 Å². The maximum atomic E-state index is 5.10. The second-order valence-electron chi connectivity index (χ2n) is 11.3. The molecule has 0 amide bonds. The van der Waals surface area contributed by atoms with Gasteiger partial charge in [0.25, 0.3) is 0 Å². The average molecular weight is 513 g/mol. The Morgan fingerprint density at radius 2 is 1.27 bits per heavy atom. The summed E-state index contributed by atoms with van der Waals surface area (Å²) in [5.41, 5.74) is 13.2. The molecule has 1 aromatic heterocycles. The van der Waals surface area contributed by atoms with Crippen LogP contribution in [0.4, 0.5) is 11.4 Å². The Kier molecular flexibility index (Phi) is 4.90. The molecule has 2 nitrogen and oxygen atoms in total. The van der Waals surface area contributed by atoms with Gasteiger partial charge in [-0.05, 0) is 63.5 Å². The number of aromatic nitrogens is 1. The third-order valence-corrected chi connectivity index (χ3v) is 8.58. The fraction of sp³-hybridized carbons (Fsp3) is 0.0789. The number of fused-ring (bicyclic) bond motifs is 4. The summed E-state index contributed by atoms with van der Waals surface area (Å²) < 4.78 is 0. The molecule has 0 saturated carbocycles. The Morgan fingerprint density at radius 3 is 1.98 bits per heavy atom. The predicted molar refractivity (Wildman–Crippen MR) is 168 cm³/mol. The lowest BCUT2D eigenvalue weighted by atomic mass is 9.79. The monoisotopic (exact) mass is 512 g/mol. The molecular formula is C38H28N2. The zero-order valence-electron chi connectivity index (χ0n) is 22.6. The summed E-state index contributed by atoms with van der Waals surface area (Å²) in [5, 5.41) is 2.64. The van der Waals surface area contributed by atoms with Crippen LogP contribution in [0.5, 0.6) is 0 Å². The summed E-state index contributed by atoms with van der Waals surface area (Å²) in [7, 11) is 0. The van der Waals surface area contributed by atoms with Crippen LogP contribution in [0.2, 0.25) is 0 Å². The average Bonchev–Trinajstić information content (AvgIpc) is 3.24. The third kappa shape index (κ3) is 3.32. The van der Waals surface area contributed by atoms with Crippen LogP contribution in [0.25, 0.3) is 50.5 Å². The van der Waals surface area contributed by atoms with E-state index < -0.39 is 0 Å². The number of benzene rings is 5. The molecule has 40 heavy (non-hydrogen) atoms. The van der Waals surface area contributed by atoms with Gasteiger partial charge in [-0.3, -0.25) is 0 Å². The van der Waals surface area contributed by atoms with Crippen LogP contribution in [0.1, 0.15) is 30.5 Å². The van der Waals surface area contributed by atoms with Crippen molar-refractivity contribution >= 4 is 28.2 Å². The highest BCUT2D eigenvalue weighted by atomic mass is 15.1. The fourth-order valence-electron chi connectivity index (χ4n) is 6.74. The van der Waals surface area contributed by atoms with Crippen molar-refractivity contribution in [3.05, 3.63) is 144 Å². The normalized spacial score (nSPS) is 14.3. The molecule has 190 valence electrons. The molecular weight excluding hydrogens is 484 g/mol. The van der Waals surface area contributed by atoms with E-state index in [1.807, 2.05) is 0 Å². The van der Waals surface area contributed by atoms with Crippen LogP contribution in [0.3, 0.4) is 0 Å². The number of rotatable bonds is 3. The van der Waals surface area contributed by atoms with Crippen LogP contribution in [0.15, 0.2) is 128 Å². The van der Waals surface area contributed by atoms with E-state index in [1.54, 1.807) is 0 Å². The van der Waals surface area contributed by atoms with Gasteiger partial charge in [0.15, 0.2) is 0 Å². The Morgan fingerprint density at radius 1 is 0.625 bits per heavy atom. The van der Waals surface area contributed by atoms with Crippen molar-refractivity contribution in [3.63, 3.8) is 0 Å². The highest BCUT2D eigenvalue weighted by Gasteiger charge is 2.38. The summed E-state index contributed by atoms with van der Waals surface area (Å²) >= 11 is 0. The second kappa shape index (κ2) is 8.53. The van der Waals surface area contributed by atoms with Gasteiger partial charge in [-0.1, -0.05) is 111 Å². The first-order chi connectivity index (χ1) is 19.6. The maximum absolute atomic E-state index is 5.10. The zero-order chi connectivity index (χ0) is 26.8. The summed E-state index contributed by atoms with van der Waals surface area (Å²) in [4.78, 5) is 7.43.